The molecule has 1 amide bonds. The van der Waals surface area contributed by atoms with Gasteiger partial charge in [-0.15, -0.1) is 0 Å². The number of sulfonamides is 1. The number of nitrogens with one attached hydrogen (secondary N) is 1. The number of nitrogens with two attached hydrogens (primary N) is 1. The lowest BCUT2D eigenvalue weighted by Crippen LogP contribution is -2.44. The van der Waals surface area contributed by atoms with Gasteiger partial charge in [-0.05, 0) is 6.42 Å². The van der Waals surface area contributed by atoms with E-state index in [0.717, 1.165) is 0 Å². The van der Waals surface area contributed by atoms with Gasteiger partial charge in [0.1, 0.15) is 6.04 Å². The Balaban J connectivity index is 4.55. The summed E-state index contributed by atoms with van der Waals surface area (Å²) >= 11 is 0. The number of carboxylic acid groups (broad SMARTS) is 1. The second kappa shape index (κ2) is 5.66. The number of amides is 1. The van der Waals surface area contributed by atoms with Crippen molar-refractivity contribution in [1.29, 1.82) is 0 Å². The summed E-state index contributed by atoms with van der Waals surface area (Å²) in [5.74, 6) is -2.48. The topological polar surface area (TPSA) is 127 Å². The van der Waals surface area contributed by atoms with E-state index < -0.39 is 34.4 Å². The molecule has 15 heavy (non-hydrogen) atoms. The molecule has 0 fully saturated rings. The number of carbonyl (C=O) groups is 2. The molecule has 88 valence electrons. The van der Waals surface area contributed by atoms with Gasteiger partial charge in [0.05, 0.1) is 12.2 Å². The molecule has 0 radical (unpaired) electrons. The van der Waals surface area contributed by atoms with Gasteiger partial charge in [-0.3, -0.25) is 9.59 Å². The Morgan fingerprint density at radius 1 is 1.47 bits per heavy atom. The maximum atomic E-state index is 11.2. The molecule has 0 aromatic carbocycles. The number of carbonyl (C=O) groups excluding carboxylic acids is 1. The van der Waals surface area contributed by atoms with Crippen LogP contribution in [0.5, 0.6) is 0 Å². The molecule has 0 aromatic heterocycles. The van der Waals surface area contributed by atoms with Crippen molar-refractivity contribution in [3.8, 4) is 0 Å². The van der Waals surface area contributed by atoms with Crippen LogP contribution >= 0.6 is 0 Å². The first kappa shape index (κ1) is 13.8. The predicted octanol–water partition coefficient (Wildman–Crippen LogP) is -1.36. The second-order valence-electron chi connectivity index (χ2n) is 3.00. The maximum absolute atomic E-state index is 11.2. The quantitative estimate of drug-likeness (QED) is 0.505. The molecule has 0 aliphatic heterocycles. The average Bonchev–Trinajstić information content (AvgIpc) is 2.00. The summed E-state index contributed by atoms with van der Waals surface area (Å²) < 4.78 is 24.3. The lowest BCUT2D eigenvalue weighted by molar-refractivity contribution is -0.140. The molecule has 1 atom stereocenters. The smallest absolute Gasteiger partial charge is 0.322 e. The van der Waals surface area contributed by atoms with E-state index in [1.165, 1.54) is 0 Å². The summed E-state index contributed by atoms with van der Waals surface area (Å²) in [6.07, 6.45) is -0.198. The van der Waals surface area contributed by atoms with Gasteiger partial charge in [0.2, 0.25) is 15.9 Å². The number of primary amides is 1. The molecule has 7 nitrogen and oxygen atoms in total. The number of carboxylic acids is 1. The first-order valence-corrected chi connectivity index (χ1v) is 5.95. The zero-order chi connectivity index (χ0) is 12.1. The van der Waals surface area contributed by atoms with Gasteiger partial charge in [0.15, 0.2) is 0 Å². The molecule has 0 aliphatic rings. The lowest BCUT2D eigenvalue weighted by atomic mass is 10.2. The summed E-state index contributed by atoms with van der Waals surface area (Å²) in [5.41, 5.74) is 4.79. The van der Waals surface area contributed by atoms with Crippen LogP contribution in [0.4, 0.5) is 0 Å². The van der Waals surface area contributed by atoms with E-state index >= 15 is 0 Å². The zero-order valence-electron chi connectivity index (χ0n) is 8.26. The van der Waals surface area contributed by atoms with Gasteiger partial charge in [-0.2, -0.15) is 0 Å². The molecule has 0 aromatic rings. The zero-order valence-corrected chi connectivity index (χ0v) is 9.08. The number of hydrogen-bond donors (Lipinski definition) is 3. The summed E-state index contributed by atoms with van der Waals surface area (Å²) in [6, 6.07) is -1.49. The van der Waals surface area contributed by atoms with Crippen molar-refractivity contribution in [3.05, 3.63) is 0 Å². The van der Waals surface area contributed by atoms with Crippen molar-refractivity contribution in [2.24, 2.45) is 5.73 Å². The molecule has 4 N–H and O–H groups in total. The fourth-order valence-electron chi connectivity index (χ4n) is 0.925. The van der Waals surface area contributed by atoms with E-state index in [1.54, 1.807) is 6.92 Å². The molecule has 0 saturated heterocycles. The maximum Gasteiger partial charge on any atom is 0.322 e. The fraction of sp³-hybridized carbons (Fsp3) is 0.714. The van der Waals surface area contributed by atoms with Crippen LogP contribution < -0.4 is 10.5 Å². The van der Waals surface area contributed by atoms with Crippen molar-refractivity contribution in [1.82, 2.24) is 4.72 Å². The molecular formula is C7H14N2O5S. The first-order valence-electron chi connectivity index (χ1n) is 4.29. The van der Waals surface area contributed by atoms with Gasteiger partial charge in [0, 0.05) is 0 Å². The van der Waals surface area contributed by atoms with E-state index in [2.05, 4.69) is 0 Å². The van der Waals surface area contributed by atoms with Crippen LogP contribution in [0.1, 0.15) is 19.8 Å². The minimum absolute atomic E-state index is 0.185. The standard InChI is InChI=1S/C7H14N2O5S/c1-2-3-15(13,14)9-5(7(11)12)4-6(8)10/h5,9H,2-4H2,1H3,(H2,8,10)(H,11,12). The number of rotatable bonds is 7. The van der Waals surface area contributed by atoms with Crippen LogP contribution in [0.15, 0.2) is 0 Å². The van der Waals surface area contributed by atoms with Crippen molar-refractivity contribution < 1.29 is 23.1 Å². The molecule has 0 heterocycles. The molecule has 0 rings (SSSR count). The summed E-state index contributed by atoms with van der Waals surface area (Å²) in [4.78, 5) is 21.1. The predicted molar refractivity (Wildman–Crippen MR) is 52.4 cm³/mol. The number of aliphatic carboxylic acids is 1. The SMILES string of the molecule is CCCS(=O)(=O)NC(CC(N)=O)C(=O)O. The molecular weight excluding hydrogens is 224 g/mol. The normalized spacial score (nSPS) is 13.4. The van der Waals surface area contributed by atoms with Crippen LogP contribution in [-0.4, -0.2) is 37.2 Å². The molecule has 0 bridgehead atoms. The Morgan fingerprint density at radius 3 is 2.33 bits per heavy atom. The summed E-state index contributed by atoms with van der Waals surface area (Å²) in [5, 5.41) is 8.62. The van der Waals surface area contributed by atoms with E-state index in [4.69, 9.17) is 10.8 Å². The van der Waals surface area contributed by atoms with Crippen molar-refractivity contribution in [2.75, 3.05) is 5.75 Å². The van der Waals surface area contributed by atoms with Gasteiger partial charge in [0.25, 0.3) is 0 Å². The third-order valence-electron chi connectivity index (χ3n) is 1.50. The Bertz CT molecular complexity index is 337. The molecule has 0 saturated carbocycles. The average molecular weight is 238 g/mol. The minimum atomic E-state index is -3.66. The van der Waals surface area contributed by atoms with Gasteiger partial charge < -0.3 is 10.8 Å². The first-order chi connectivity index (χ1) is 6.78. The largest absolute Gasteiger partial charge is 0.480 e. The van der Waals surface area contributed by atoms with Gasteiger partial charge in [-0.25, -0.2) is 13.1 Å². The number of hydrogen-bond acceptors (Lipinski definition) is 4. The third-order valence-corrected chi connectivity index (χ3v) is 3.09. The van der Waals surface area contributed by atoms with Crippen molar-refractivity contribution in [2.45, 2.75) is 25.8 Å². The van der Waals surface area contributed by atoms with E-state index in [1.807, 2.05) is 4.72 Å². The van der Waals surface area contributed by atoms with E-state index in [9.17, 15) is 18.0 Å². The van der Waals surface area contributed by atoms with Crippen molar-refractivity contribution >= 4 is 21.9 Å². The van der Waals surface area contributed by atoms with Crippen LogP contribution in [0.2, 0.25) is 0 Å². The highest BCUT2D eigenvalue weighted by atomic mass is 32.2. The highest BCUT2D eigenvalue weighted by molar-refractivity contribution is 7.89. The summed E-state index contributed by atoms with van der Waals surface area (Å²) in [6.45, 7) is 1.64. The van der Waals surface area contributed by atoms with Crippen molar-refractivity contribution in [3.63, 3.8) is 0 Å². The third kappa shape index (κ3) is 6.02. The molecule has 1 unspecified atom stereocenters. The fourth-order valence-corrected chi connectivity index (χ4v) is 2.20. The van der Waals surface area contributed by atoms with E-state index in [-0.39, 0.29) is 5.75 Å². The van der Waals surface area contributed by atoms with Gasteiger partial charge >= 0.3 is 5.97 Å². The molecule has 8 heteroatoms. The monoisotopic (exact) mass is 238 g/mol. The lowest BCUT2D eigenvalue weighted by Gasteiger charge is -2.12. The molecule has 0 spiro atoms. The summed E-state index contributed by atoms with van der Waals surface area (Å²) in [7, 11) is -3.66. The Hall–Kier alpha value is -1.15. The second-order valence-corrected chi connectivity index (χ2v) is 4.87. The highest BCUT2D eigenvalue weighted by Gasteiger charge is 2.24. The van der Waals surface area contributed by atoms with Crippen LogP contribution in [0.3, 0.4) is 0 Å². The van der Waals surface area contributed by atoms with Crippen LogP contribution in [-0.2, 0) is 19.6 Å². The van der Waals surface area contributed by atoms with Gasteiger partial charge in [-0.1, -0.05) is 6.92 Å². The Labute approximate surface area is 87.7 Å². The highest BCUT2D eigenvalue weighted by Crippen LogP contribution is 1.97. The Morgan fingerprint density at radius 2 is 2.00 bits per heavy atom. The van der Waals surface area contributed by atoms with E-state index in [0.29, 0.717) is 6.42 Å². The minimum Gasteiger partial charge on any atom is -0.480 e. The molecule has 0 aliphatic carbocycles. The van der Waals surface area contributed by atoms with Crippen LogP contribution in [0, 0.1) is 0 Å². The van der Waals surface area contributed by atoms with Crippen LogP contribution in [0.25, 0.3) is 0 Å². The Kier molecular flexibility index (Phi) is 5.23.